The van der Waals surface area contributed by atoms with E-state index >= 15 is 0 Å². The fraction of sp³-hybridized carbons (Fsp3) is 0.200. The smallest absolute Gasteiger partial charge is 0.277 e. The van der Waals surface area contributed by atoms with Gasteiger partial charge in [-0.3, -0.25) is 19.2 Å². The summed E-state index contributed by atoms with van der Waals surface area (Å²) in [5, 5.41) is 0. The molecule has 0 saturated carbocycles. The molecule has 0 bridgehead atoms. The normalized spacial score (nSPS) is 10.8. The van der Waals surface area contributed by atoms with Gasteiger partial charge < -0.3 is 0 Å². The van der Waals surface area contributed by atoms with Crippen molar-refractivity contribution in [3.05, 3.63) is 71.8 Å². The van der Waals surface area contributed by atoms with E-state index in [0.29, 0.717) is 0 Å². The van der Waals surface area contributed by atoms with Crippen molar-refractivity contribution in [3.8, 4) is 0 Å². The second-order valence-corrected chi connectivity index (χ2v) is 5.87. The van der Waals surface area contributed by atoms with Gasteiger partial charge in [0.1, 0.15) is 0 Å². The predicted octanol–water partition coefficient (Wildman–Crippen LogP) is 4.15. The van der Waals surface area contributed by atoms with E-state index < -0.39 is 48.3 Å². The first-order chi connectivity index (χ1) is 13.8. The SMILES string of the molecule is [Cu].[OH+]=C(CC(=[OH+])C(F)(F)F)c1ccccc1.[OH+]=C(CC(=[OH+])C(F)(F)F)c1ccccc1. The summed E-state index contributed by atoms with van der Waals surface area (Å²) in [6.07, 6.45) is -11.4. The van der Waals surface area contributed by atoms with E-state index in [1.807, 2.05) is 0 Å². The van der Waals surface area contributed by atoms with Crippen LogP contribution in [-0.4, -0.2) is 54.7 Å². The van der Waals surface area contributed by atoms with E-state index in [1.165, 1.54) is 24.3 Å². The third kappa shape index (κ3) is 10.2. The molecule has 0 unspecified atom stereocenters. The van der Waals surface area contributed by atoms with E-state index in [0.717, 1.165) is 0 Å². The minimum absolute atomic E-state index is 0. The summed E-state index contributed by atoms with van der Waals surface area (Å²) < 4.78 is 71.5. The molecule has 2 aromatic carbocycles. The molecule has 31 heavy (non-hydrogen) atoms. The Balaban J connectivity index is 0.000000562. The van der Waals surface area contributed by atoms with Crippen molar-refractivity contribution in [2.24, 2.45) is 0 Å². The first-order valence-electron chi connectivity index (χ1n) is 8.26. The third-order valence-electron chi connectivity index (χ3n) is 3.54. The Bertz CT molecular complexity index is 818. The third-order valence-corrected chi connectivity index (χ3v) is 3.54. The maximum atomic E-state index is 11.9. The largest absolute Gasteiger partial charge is 0.505 e. The standard InChI is InChI=1S/2C10H7F3O2.Cu/c2*11-10(12,13)9(15)6-8(14)7-4-2-1-3-5-7;/h2*1-5H,6H2;/p+4. The fourth-order valence-corrected chi connectivity index (χ4v) is 1.98. The van der Waals surface area contributed by atoms with Crippen LogP contribution in [0.3, 0.4) is 0 Å². The van der Waals surface area contributed by atoms with Crippen molar-refractivity contribution in [1.82, 2.24) is 0 Å². The number of carbonyl (C=O) groups excluding carboxylic acids is 4. The van der Waals surface area contributed by atoms with Crippen LogP contribution in [0.4, 0.5) is 26.3 Å². The van der Waals surface area contributed by atoms with Crippen molar-refractivity contribution in [3.63, 3.8) is 0 Å². The summed E-state index contributed by atoms with van der Waals surface area (Å²) >= 11 is 0. The number of hydrogen-bond donors (Lipinski definition) is 0. The molecule has 4 nitrogen and oxygen atoms in total. The molecule has 0 aromatic heterocycles. The van der Waals surface area contributed by atoms with Gasteiger partial charge in [0.25, 0.3) is 0 Å². The van der Waals surface area contributed by atoms with E-state index in [-0.39, 0.29) is 28.2 Å². The molecule has 0 aliphatic carbocycles. The summed E-state index contributed by atoms with van der Waals surface area (Å²) in [5.41, 5.74) is 0.515. The molecule has 2 rings (SSSR count). The molecule has 171 valence electrons. The van der Waals surface area contributed by atoms with Crippen LogP contribution in [0.1, 0.15) is 24.0 Å². The van der Waals surface area contributed by atoms with E-state index in [4.69, 9.17) is 9.59 Å². The van der Waals surface area contributed by atoms with Crippen molar-refractivity contribution in [2.75, 3.05) is 0 Å². The molecular weight excluding hydrogens is 482 g/mol. The molecule has 0 fully saturated rings. The van der Waals surface area contributed by atoms with E-state index in [1.54, 1.807) is 36.4 Å². The maximum absolute atomic E-state index is 11.9. The number of alkyl halides is 6. The van der Waals surface area contributed by atoms with Gasteiger partial charge in [0.15, 0.2) is 12.8 Å². The predicted molar refractivity (Wildman–Crippen MR) is 100 cm³/mol. The molecule has 2 aromatic rings. The molecule has 0 spiro atoms. The minimum atomic E-state index is -4.79. The van der Waals surface area contributed by atoms with Gasteiger partial charge in [-0.05, 0) is 24.3 Å². The van der Waals surface area contributed by atoms with Gasteiger partial charge in [0, 0.05) is 17.1 Å². The zero-order valence-corrected chi connectivity index (χ0v) is 16.5. The van der Waals surface area contributed by atoms with Gasteiger partial charge in [0.2, 0.25) is 0 Å². The van der Waals surface area contributed by atoms with E-state index in [2.05, 4.69) is 0 Å². The molecule has 0 aliphatic rings. The van der Waals surface area contributed by atoms with Crippen LogP contribution in [0.15, 0.2) is 60.7 Å². The van der Waals surface area contributed by atoms with Crippen molar-refractivity contribution < 1.29 is 62.6 Å². The summed E-state index contributed by atoms with van der Waals surface area (Å²) in [6.45, 7) is 0. The molecule has 4 N–H and O–H groups in total. The average Bonchev–Trinajstić information content (AvgIpc) is 2.68. The van der Waals surface area contributed by atoms with Gasteiger partial charge in [-0.15, -0.1) is 0 Å². The number of ketones is 4. The Morgan fingerprint density at radius 3 is 1.03 bits per heavy atom. The Labute approximate surface area is 183 Å². The Morgan fingerprint density at radius 2 is 0.806 bits per heavy atom. The second-order valence-electron chi connectivity index (χ2n) is 5.87. The number of halogens is 6. The number of hydrogen-bond acceptors (Lipinski definition) is 0. The van der Waals surface area contributed by atoms with Crippen LogP contribution in [0, 0.1) is 0 Å². The Morgan fingerprint density at radius 1 is 0.548 bits per heavy atom. The molecule has 0 aliphatic heterocycles. The van der Waals surface area contributed by atoms with Crippen molar-refractivity contribution >= 4 is 23.1 Å². The summed E-state index contributed by atoms with van der Waals surface area (Å²) in [7, 11) is 0. The van der Waals surface area contributed by atoms with Crippen LogP contribution in [0.5, 0.6) is 0 Å². The Kier molecular flexibility index (Phi) is 11.1. The van der Waals surface area contributed by atoms with Gasteiger partial charge in [-0.25, -0.2) is 0 Å². The van der Waals surface area contributed by atoms with Crippen LogP contribution in [0.2, 0.25) is 0 Å². The maximum Gasteiger partial charge on any atom is 0.505 e. The summed E-state index contributed by atoms with van der Waals surface area (Å²) in [4.78, 5) is 35.8. The molecule has 0 heterocycles. The molecule has 0 saturated heterocycles. The van der Waals surface area contributed by atoms with Crippen LogP contribution in [-0.2, 0) is 17.1 Å². The molecule has 11 heteroatoms. The number of benzene rings is 2. The molecule has 1 radical (unpaired) electrons. The van der Waals surface area contributed by atoms with Gasteiger partial charge in [0.05, 0.1) is 11.1 Å². The fourth-order valence-electron chi connectivity index (χ4n) is 1.98. The molecule has 0 amide bonds. The zero-order chi connectivity index (χ0) is 22.9. The first-order valence-corrected chi connectivity index (χ1v) is 8.26. The Hall–Kier alpha value is -2.78. The van der Waals surface area contributed by atoms with E-state index in [9.17, 15) is 35.9 Å². The topological polar surface area (TPSA) is 85.6 Å². The van der Waals surface area contributed by atoms with Gasteiger partial charge in [-0.2, -0.15) is 26.3 Å². The monoisotopic (exact) mass is 499 g/mol. The number of rotatable bonds is 6. The first kappa shape index (κ1) is 28.2. The van der Waals surface area contributed by atoms with Crippen LogP contribution < -0.4 is 0 Å². The zero-order valence-electron chi connectivity index (χ0n) is 15.5. The van der Waals surface area contributed by atoms with Gasteiger partial charge >= 0.3 is 35.5 Å². The minimum Gasteiger partial charge on any atom is -0.277 e. The van der Waals surface area contributed by atoms with Gasteiger partial charge in [-0.1, -0.05) is 36.4 Å². The summed E-state index contributed by atoms with van der Waals surface area (Å²) in [6, 6.07) is 15.5. The average molecular weight is 500 g/mol. The van der Waals surface area contributed by atoms with Crippen molar-refractivity contribution in [2.45, 2.75) is 25.2 Å². The van der Waals surface area contributed by atoms with Crippen molar-refractivity contribution in [1.29, 1.82) is 0 Å². The molecule has 0 atom stereocenters. The summed E-state index contributed by atoms with van der Waals surface area (Å²) in [5.74, 6) is -4.43. The second kappa shape index (κ2) is 12.2. The quantitative estimate of drug-likeness (QED) is 0.188. The van der Waals surface area contributed by atoms with Crippen LogP contribution in [0.25, 0.3) is 0 Å². The van der Waals surface area contributed by atoms with Crippen LogP contribution >= 0.6 is 0 Å². The molecular formula is C20H18CuF6O4+4.